The Hall–Kier alpha value is -1.13. The minimum atomic E-state index is -0.0143. The van der Waals surface area contributed by atoms with Gasteiger partial charge in [-0.1, -0.05) is 55.2 Å². The fraction of sp³-hybridized carbons (Fsp3) is 0.231. The van der Waals surface area contributed by atoms with E-state index in [1.54, 1.807) is 7.05 Å². The number of hydrogen-bond donors (Lipinski definition) is 0. The van der Waals surface area contributed by atoms with E-state index >= 15 is 0 Å². The number of likely N-dealkylation sites (N-methyl/N-ethyl adjacent to an activating group) is 1. The second kappa shape index (κ2) is 5.02. The summed E-state index contributed by atoms with van der Waals surface area (Å²) in [5.41, 5.74) is 2.33. The zero-order valence-corrected chi connectivity index (χ0v) is 11.4. The molecule has 17 heavy (non-hydrogen) atoms. The van der Waals surface area contributed by atoms with Gasteiger partial charge in [-0.15, -0.1) is 0 Å². The number of carbonyl (C=O) groups excluding carboxylic acids is 1. The summed E-state index contributed by atoms with van der Waals surface area (Å²) in [7, 11) is 1.71. The van der Waals surface area contributed by atoms with Crippen molar-refractivity contribution < 1.29 is 4.79 Å². The summed E-state index contributed by atoms with van der Waals surface area (Å²) in [4.78, 5) is 14.0. The van der Waals surface area contributed by atoms with Crippen LogP contribution in [-0.4, -0.2) is 22.2 Å². The van der Waals surface area contributed by atoms with Gasteiger partial charge in [0.05, 0.1) is 4.91 Å². The predicted molar refractivity (Wildman–Crippen MR) is 76.8 cm³/mol. The van der Waals surface area contributed by atoms with Crippen LogP contribution in [0.3, 0.4) is 0 Å². The zero-order chi connectivity index (χ0) is 12.4. The highest BCUT2D eigenvalue weighted by Crippen LogP contribution is 2.31. The van der Waals surface area contributed by atoms with Gasteiger partial charge < -0.3 is 0 Å². The molecular formula is C13H13NOS2. The molecular weight excluding hydrogens is 250 g/mol. The van der Waals surface area contributed by atoms with Crippen molar-refractivity contribution in [3.05, 3.63) is 40.3 Å². The van der Waals surface area contributed by atoms with Crippen LogP contribution in [0.25, 0.3) is 6.08 Å². The van der Waals surface area contributed by atoms with Crippen LogP contribution in [0.15, 0.2) is 29.2 Å². The van der Waals surface area contributed by atoms with Gasteiger partial charge in [0.1, 0.15) is 4.32 Å². The van der Waals surface area contributed by atoms with Gasteiger partial charge in [-0.3, -0.25) is 9.69 Å². The first kappa shape index (κ1) is 12.3. The molecule has 0 unspecified atom stereocenters. The lowest BCUT2D eigenvalue weighted by Gasteiger charge is -2.03. The van der Waals surface area contributed by atoms with E-state index in [1.165, 1.54) is 22.2 Å². The molecule has 88 valence electrons. The van der Waals surface area contributed by atoms with E-state index in [4.69, 9.17) is 12.2 Å². The lowest BCUT2D eigenvalue weighted by molar-refractivity contribution is -0.121. The number of hydrogen-bond acceptors (Lipinski definition) is 3. The maximum atomic E-state index is 11.8. The van der Waals surface area contributed by atoms with E-state index in [0.29, 0.717) is 9.23 Å². The van der Waals surface area contributed by atoms with Crippen molar-refractivity contribution in [2.75, 3.05) is 7.05 Å². The average molecular weight is 263 g/mol. The summed E-state index contributed by atoms with van der Waals surface area (Å²) in [6, 6.07) is 8.22. The number of benzene rings is 1. The van der Waals surface area contributed by atoms with Crippen molar-refractivity contribution in [3.63, 3.8) is 0 Å². The molecule has 2 nitrogen and oxygen atoms in total. The molecule has 1 aliphatic rings. The van der Waals surface area contributed by atoms with Crippen molar-refractivity contribution in [1.82, 2.24) is 4.90 Å². The summed E-state index contributed by atoms with van der Waals surface area (Å²) >= 11 is 6.43. The molecule has 1 amide bonds. The van der Waals surface area contributed by atoms with Crippen molar-refractivity contribution in [1.29, 1.82) is 0 Å². The molecule has 2 rings (SSSR count). The van der Waals surface area contributed by atoms with Gasteiger partial charge in [-0.05, 0) is 23.6 Å². The van der Waals surface area contributed by atoms with Crippen molar-refractivity contribution in [2.24, 2.45) is 0 Å². The van der Waals surface area contributed by atoms with Crippen molar-refractivity contribution >= 4 is 40.3 Å². The maximum absolute atomic E-state index is 11.8. The predicted octanol–water partition coefficient (Wildman–Crippen LogP) is 3.08. The lowest BCUT2D eigenvalue weighted by atomic mass is 10.1. The smallest absolute Gasteiger partial charge is 0.265 e. The minimum Gasteiger partial charge on any atom is -0.296 e. The van der Waals surface area contributed by atoms with Crippen LogP contribution in [0.4, 0.5) is 0 Å². The molecule has 1 heterocycles. The SMILES string of the molecule is CCc1ccc(/C=C2/SC(=S)N(C)C2=O)cc1. The van der Waals surface area contributed by atoms with Gasteiger partial charge in [0, 0.05) is 7.05 Å². The molecule has 0 spiro atoms. The molecule has 1 saturated heterocycles. The van der Waals surface area contributed by atoms with E-state index in [9.17, 15) is 4.79 Å². The standard InChI is InChI=1S/C13H13NOS2/c1-3-9-4-6-10(7-5-9)8-11-12(15)14(2)13(16)17-11/h4-8H,3H2,1-2H3/b11-8+. The summed E-state index contributed by atoms with van der Waals surface area (Å²) in [5.74, 6) is -0.0143. The number of thioether (sulfide) groups is 1. The summed E-state index contributed by atoms with van der Waals surface area (Å²) in [5, 5.41) is 0. The van der Waals surface area contributed by atoms with Gasteiger partial charge in [0.2, 0.25) is 0 Å². The highest BCUT2D eigenvalue weighted by molar-refractivity contribution is 8.26. The Bertz CT molecular complexity index is 491. The summed E-state index contributed by atoms with van der Waals surface area (Å²) in [6.45, 7) is 2.12. The van der Waals surface area contributed by atoms with Crippen LogP contribution >= 0.6 is 24.0 Å². The first-order chi connectivity index (χ1) is 8.11. The molecule has 0 N–H and O–H groups in total. The van der Waals surface area contributed by atoms with Crippen LogP contribution in [-0.2, 0) is 11.2 Å². The molecule has 0 aliphatic carbocycles. The Labute approximate surface area is 111 Å². The Kier molecular flexibility index (Phi) is 3.64. The third-order valence-electron chi connectivity index (χ3n) is 2.67. The van der Waals surface area contributed by atoms with Gasteiger partial charge in [-0.2, -0.15) is 0 Å². The third kappa shape index (κ3) is 2.58. The molecule has 1 fully saturated rings. The first-order valence-electron chi connectivity index (χ1n) is 5.42. The van der Waals surface area contributed by atoms with E-state index in [1.807, 2.05) is 18.2 Å². The maximum Gasteiger partial charge on any atom is 0.265 e. The van der Waals surface area contributed by atoms with Gasteiger partial charge in [-0.25, -0.2) is 0 Å². The fourth-order valence-electron chi connectivity index (χ4n) is 1.55. The monoisotopic (exact) mass is 263 g/mol. The summed E-state index contributed by atoms with van der Waals surface area (Å²) < 4.78 is 0.617. The minimum absolute atomic E-state index is 0.0143. The highest BCUT2D eigenvalue weighted by atomic mass is 32.2. The highest BCUT2D eigenvalue weighted by Gasteiger charge is 2.28. The Morgan fingerprint density at radius 2 is 2.00 bits per heavy atom. The van der Waals surface area contributed by atoms with E-state index < -0.39 is 0 Å². The number of nitrogens with zero attached hydrogens (tertiary/aromatic N) is 1. The molecule has 1 aliphatic heterocycles. The van der Waals surface area contributed by atoms with Crippen LogP contribution in [0.5, 0.6) is 0 Å². The van der Waals surface area contributed by atoms with Gasteiger partial charge >= 0.3 is 0 Å². The van der Waals surface area contributed by atoms with Crippen molar-refractivity contribution in [3.8, 4) is 0 Å². The van der Waals surface area contributed by atoms with E-state index in [0.717, 1.165) is 12.0 Å². The normalized spacial score (nSPS) is 18.2. The topological polar surface area (TPSA) is 20.3 Å². The molecule has 0 radical (unpaired) electrons. The largest absolute Gasteiger partial charge is 0.296 e. The third-order valence-corrected chi connectivity index (χ3v) is 4.16. The van der Waals surface area contributed by atoms with Crippen LogP contribution < -0.4 is 0 Å². The first-order valence-corrected chi connectivity index (χ1v) is 6.65. The molecule has 0 saturated carbocycles. The molecule has 1 aromatic carbocycles. The zero-order valence-electron chi connectivity index (χ0n) is 9.77. The second-order valence-electron chi connectivity index (χ2n) is 3.84. The number of rotatable bonds is 2. The number of aryl methyl sites for hydroxylation is 1. The van der Waals surface area contributed by atoms with Crippen molar-refractivity contribution in [2.45, 2.75) is 13.3 Å². The fourth-order valence-corrected chi connectivity index (χ4v) is 2.73. The molecule has 0 aromatic heterocycles. The number of amides is 1. The molecule has 1 aromatic rings. The van der Waals surface area contributed by atoms with Gasteiger partial charge in [0.25, 0.3) is 5.91 Å². The van der Waals surface area contributed by atoms with Gasteiger partial charge in [0.15, 0.2) is 0 Å². The van der Waals surface area contributed by atoms with E-state index in [-0.39, 0.29) is 5.91 Å². The molecule has 4 heteroatoms. The quantitative estimate of drug-likeness (QED) is 0.604. The van der Waals surface area contributed by atoms with Crippen LogP contribution in [0.2, 0.25) is 0 Å². The number of thiocarbonyl (C=S) groups is 1. The Morgan fingerprint density at radius 3 is 2.47 bits per heavy atom. The van der Waals surface area contributed by atoms with Crippen LogP contribution in [0.1, 0.15) is 18.1 Å². The lowest BCUT2D eigenvalue weighted by Crippen LogP contribution is -2.22. The van der Waals surface area contributed by atoms with E-state index in [2.05, 4.69) is 19.1 Å². The Balaban J connectivity index is 2.24. The average Bonchev–Trinajstić information content (AvgIpc) is 2.58. The Morgan fingerprint density at radius 1 is 1.35 bits per heavy atom. The summed E-state index contributed by atoms with van der Waals surface area (Å²) in [6.07, 6.45) is 2.92. The molecule has 0 bridgehead atoms. The molecule has 0 atom stereocenters. The van der Waals surface area contributed by atoms with Crippen LogP contribution in [0, 0.1) is 0 Å². The second-order valence-corrected chi connectivity index (χ2v) is 5.51. The number of carbonyl (C=O) groups is 1.